The van der Waals surface area contributed by atoms with Crippen LogP contribution in [0.15, 0.2) is 36.5 Å². The molecule has 0 fully saturated rings. The number of benzene rings is 1. The molecule has 0 radical (unpaired) electrons. The number of ether oxygens (including phenoxy) is 1. The molecule has 106 valence electrons. The maximum Gasteiger partial charge on any atom is 0.310 e. The quantitative estimate of drug-likeness (QED) is 0.664. The Kier molecular flexibility index (Phi) is 4.43. The molecule has 0 unspecified atom stereocenters. The van der Waals surface area contributed by atoms with Crippen molar-refractivity contribution in [2.24, 2.45) is 0 Å². The van der Waals surface area contributed by atoms with Gasteiger partial charge in [0.1, 0.15) is 18.4 Å². The van der Waals surface area contributed by atoms with Crippen molar-refractivity contribution in [3.05, 3.63) is 63.5 Å². The lowest BCUT2D eigenvalue weighted by Crippen LogP contribution is -2.01. The molecule has 0 spiro atoms. The molecule has 1 N–H and O–H groups in total. The van der Waals surface area contributed by atoms with E-state index in [1.54, 1.807) is 12.1 Å². The first kappa shape index (κ1) is 14.4. The van der Waals surface area contributed by atoms with Crippen molar-refractivity contribution < 1.29 is 14.8 Å². The highest BCUT2D eigenvalue weighted by Crippen LogP contribution is 2.28. The van der Waals surface area contributed by atoms with Crippen LogP contribution in [0.3, 0.4) is 0 Å². The fourth-order valence-electron chi connectivity index (χ4n) is 1.71. The van der Waals surface area contributed by atoms with Crippen LogP contribution in [0.25, 0.3) is 0 Å². The summed E-state index contributed by atoms with van der Waals surface area (Å²) in [5.41, 5.74) is 1.25. The Morgan fingerprint density at radius 3 is 2.81 bits per heavy atom. The zero-order valence-corrected chi connectivity index (χ0v) is 10.9. The number of aliphatic hydroxyl groups excluding tert-OH is 1. The van der Waals surface area contributed by atoms with Crippen LogP contribution in [-0.4, -0.2) is 15.0 Å². The van der Waals surface area contributed by atoms with Crippen LogP contribution in [0, 0.1) is 21.4 Å². The smallest absolute Gasteiger partial charge is 0.310 e. The summed E-state index contributed by atoms with van der Waals surface area (Å²) in [5, 5.41) is 28.8. The second-order valence-electron chi connectivity index (χ2n) is 4.17. The van der Waals surface area contributed by atoms with Gasteiger partial charge in [0, 0.05) is 12.3 Å². The van der Waals surface area contributed by atoms with Gasteiger partial charge in [-0.15, -0.1) is 0 Å². The molecule has 1 aromatic heterocycles. The highest BCUT2D eigenvalue weighted by Gasteiger charge is 2.15. The molecule has 2 rings (SSSR count). The average Bonchev–Trinajstić information content (AvgIpc) is 2.52. The van der Waals surface area contributed by atoms with Gasteiger partial charge in [0.15, 0.2) is 5.75 Å². The second-order valence-corrected chi connectivity index (χ2v) is 4.17. The van der Waals surface area contributed by atoms with Crippen LogP contribution in [0.2, 0.25) is 0 Å². The number of aromatic nitrogens is 1. The molecule has 21 heavy (non-hydrogen) atoms. The zero-order valence-electron chi connectivity index (χ0n) is 10.9. The summed E-state index contributed by atoms with van der Waals surface area (Å²) in [4.78, 5) is 14.2. The first-order valence-electron chi connectivity index (χ1n) is 6.00. The predicted octanol–water partition coefficient (Wildman–Crippen LogP) is 1.93. The van der Waals surface area contributed by atoms with Crippen molar-refractivity contribution in [1.29, 1.82) is 5.26 Å². The second kappa shape index (κ2) is 6.45. The van der Waals surface area contributed by atoms with E-state index in [1.165, 1.54) is 24.4 Å². The van der Waals surface area contributed by atoms with E-state index in [-0.39, 0.29) is 30.3 Å². The standard InChI is InChI=1S/C14H11N3O4/c15-7-12-5-11(3-4-16-12)9-21-14-6-10(8-18)1-2-13(14)17(19)20/h1-6,18H,8-9H2. The summed E-state index contributed by atoms with van der Waals surface area (Å²) < 4.78 is 5.44. The van der Waals surface area contributed by atoms with Gasteiger partial charge in [0.2, 0.25) is 0 Å². The molecule has 0 saturated carbocycles. The van der Waals surface area contributed by atoms with E-state index in [4.69, 9.17) is 15.1 Å². The lowest BCUT2D eigenvalue weighted by atomic mass is 10.2. The van der Waals surface area contributed by atoms with Crippen molar-refractivity contribution in [1.82, 2.24) is 4.98 Å². The van der Waals surface area contributed by atoms with E-state index in [0.29, 0.717) is 11.1 Å². The molecule has 0 bridgehead atoms. The number of hydrogen-bond acceptors (Lipinski definition) is 6. The van der Waals surface area contributed by atoms with Crippen LogP contribution < -0.4 is 4.74 Å². The topological polar surface area (TPSA) is 109 Å². The number of hydrogen-bond donors (Lipinski definition) is 1. The SMILES string of the molecule is N#Cc1cc(COc2cc(CO)ccc2[N+](=O)[O-])ccn1. The molecule has 0 amide bonds. The van der Waals surface area contributed by atoms with Crippen LogP contribution in [-0.2, 0) is 13.2 Å². The van der Waals surface area contributed by atoms with Crippen molar-refractivity contribution >= 4 is 5.69 Å². The molecule has 2 aromatic rings. The molecule has 1 heterocycles. The minimum atomic E-state index is -0.552. The van der Waals surface area contributed by atoms with Gasteiger partial charge in [-0.25, -0.2) is 4.98 Å². The van der Waals surface area contributed by atoms with Crippen molar-refractivity contribution in [2.75, 3.05) is 0 Å². The van der Waals surface area contributed by atoms with E-state index in [2.05, 4.69) is 4.98 Å². The van der Waals surface area contributed by atoms with Gasteiger partial charge in [-0.1, -0.05) is 0 Å². The van der Waals surface area contributed by atoms with Gasteiger partial charge in [-0.3, -0.25) is 10.1 Å². The fraction of sp³-hybridized carbons (Fsp3) is 0.143. The molecule has 1 aromatic carbocycles. The number of nitriles is 1. The maximum absolute atomic E-state index is 10.9. The molecular formula is C14H11N3O4. The first-order valence-corrected chi connectivity index (χ1v) is 6.00. The summed E-state index contributed by atoms with van der Waals surface area (Å²) in [5.74, 6) is 0.0712. The zero-order chi connectivity index (χ0) is 15.2. The molecule has 0 aliphatic carbocycles. The van der Waals surface area contributed by atoms with Crippen molar-refractivity contribution in [2.45, 2.75) is 13.2 Å². The number of rotatable bonds is 5. The highest BCUT2D eigenvalue weighted by molar-refractivity contribution is 5.48. The van der Waals surface area contributed by atoms with E-state index in [0.717, 1.165) is 0 Å². The number of nitro groups is 1. The maximum atomic E-state index is 10.9. The van der Waals surface area contributed by atoms with E-state index in [9.17, 15) is 10.1 Å². The van der Waals surface area contributed by atoms with Gasteiger partial charge >= 0.3 is 5.69 Å². The largest absolute Gasteiger partial charge is 0.482 e. The molecular weight excluding hydrogens is 274 g/mol. The third kappa shape index (κ3) is 3.52. The van der Waals surface area contributed by atoms with Crippen LogP contribution in [0.4, 0.5) is 5.69 Å². The predicted molar refractivity (Wildman–Crippen MR) is 72.3 cm³/mol. The van der Waals surface area contributed by atoms with E-state index < -0.39 is 4.92 Å². The number of aliphatic hydroxyl groups is 1. The lowest BCUT2D eigenvalue weighted by molar-refractivity contribution is -0.386. The minimum absolute atomic E-state index is 0.0624. The number of nitro benzene ring substituents is 1. The number of pyridine rings is 1. The summed E-state index contributed by atoms with van der Waals surface area (Å²) >= 11 is 0. The van der Waals surface area contributed by atoms with E-state index in [1.807, 2.05) is 6.07 Å². The Labute approximate surface area is 120 Å². The van der Waals surface area contributed by atoms with Gasteiger partial charge < -0.3 is 9.84 Å². The van der Waals surface area contributed by atoms with Crippen molar-refractivity contribution in [3.8, 4) is 11.8 Å². The lowest BCUT2D eigenvalue weighted by Gasteiger charge is -2.08. The summed E-state index contributed by atoms with van der Waals surface area (Å²) in [7, 11) is 0. The molecule has 0 atom stereocenters. The average molecular weight is 285 g/mol. The fourth-order valence-corrected chi connectivity index (χ4v) is 1.71. The van der Waals surface area contributed by atoms with Gasteiger partial charge in [0.25, 0.3) is 0 Å². The van der Waals surface area contributed by atoms with Crippen molar-refractivity contribution in [3.63, 3.8) is 0 Å². The first-order chi connectivity index (χ1) is 10.1. The Bertz CT molecular complexity index is 710. The molecule has 0 aliphatic heterocycles. The summed E-state index contributed by atoms with van der Waals surface area (Å²) in [6.45, 7) is -0.172. The van der Waals surface area contributed by atoms with Crippen LogP contribution >= 0.6 is 0 Å². The Hall–Kier alpha value is -2.98. The Morgan fingerprint density at radius 2 is 2.14 bits per heavy atom. The third-order valence-corrected chi connectivity index (χ3v) is 2.74. The highest BCUT2D eigenvalue weighted by atomic mass is 16.6. The van der Waals surface area contributed by atoms with Gasteiger partial charge in [0.05, 0.1) is 11.5 Å². The number of nitrogens with zero attached hydrogens (tertiary/aromatic N) is 3. The Morgan fingerprint density at radius 1 is 1.33 bits per heavy atom. The van der Waals surface area contributed by atoms with Crippen LogP contribution in [0.1, 0.15) is 16.8 Å². The summed E-state index contributed by atoms with van der Waals surface area (Å²) in [6.07, 6.45) is 1.47. The molecule has 7 nitrogen and oxygen atoms in total. The normalized spacial score (nSPS) is 9.90. The minimum Gasteiger partial charge on any atom is -0.482 e. The summed E-state index contributed by atoms with van der Waals surface area (Å²) in [6, 6.07) is 9.27. The molecule has 0 aliphatic rings. The van der Waals surface area contributed by atoms with Crippen LogP contribution in [0.5, 0.6) is 5.75 Å². The van der Waals surface area contributed by atoms with E-state index >= 15 is 0 Å². The van der Waals surface area contributed by atoms with Gasteiger partial charge in [-0.2, -0.15) is 5.26 Å². The third-order valence-electron chi connectivity index (χ3n) is 2.74. The Balaban J connectivity index is 2.22. The molecule has 0 saturated heterocycles. The molecule has 7 heteroatoms. The monoisotopic (exact) mass is 285 g/mol. The van der Waals surface area contributed by atoms with Gasteiger partial charge in [-0.05, 0) is 35.4 Å².